The van der Waals surface area contributed by atoms with E-state index < -0.39 is 0 Å². The van der Waals surface area contributed by atoms with Gasteiger partial charge in [0.15, 0.2) is 6.29 Å². The van der Waals surface area contributed by atoms with Gasteiger partial charge in [0.05, 0.1) is 0 Å². The van der Waals surface area contributed by atoms with E-state index in [-0.39, 0.29) is 11.7 Å². The Hall–Kier alpha value is -0.420. The monoisotopic (exact) mass is 285 g/mol. The lowest BCUT2D eigenvalue weighted by molar-refractivity contribution is -0.138. The third-order valence-electron chi connectivity index (χ3n) is 3.02. The first-order valence-electron chi connectivity index (χ1n) is 7.08. The van der Waals surface area contributed by atoms with E-state index in [1.165, 1.54) is 4.88 Å². The van der Waals surface area contributed by atoms with Gasteiger partial charge in [-0.1, -0.05) is 19.9 Å². The Morgan fingerprint density at radius 1 is 1.26 bits per heavy atom. The molecule has 0 aliphatic rings. The van der Waals surface area contributed by atoms with Crippen molar-refractivity contribution in [2.45, 2.75) is 45.8 Å². The Kier molecular flexibility index (Phi) is 7.61. The van der Waals surface area contributed by atoms with Crippen molar-refractivity contribution in [3.05, 3.63) is 22.4 Å². The smallest absolute Gasteiger partial charge is 0.158 e. The van der Waals surface area contributed by atoms with Crippen LogP contribution >= 0.6 is 11.3 Å². The Bertz CT molecular complexity index is 319. The standard InChI is InChI=1S/C15H27NO2S/c1-5-17-14(18-6-2)9-10-16-12-15(3,4)13-8-7-11-19-13/h7-8,11,14,16H,5-6,9-10,12H2,1-4H3. The van der Waals surface area contributed by atoms with Crippen LogP contribution in [0.25, 0.3) is 0 Å². The zero-order valence-corrected chi connectivity index (χ0v) is 13.4. The Morgan fingerprint density at radius 2 is 1.95 bits per heavy atom. The van der Waals surface area contributed by atoms with Gasteiger partial charge in [0.2, 0.25) is 0 Å². The van der Waals surface area contributed by atoms with Gasteiger partial charge < -0.3 is 14.8 Å². The van der Waals surface area contributed by atoms with Crippen molar-refractivity contribution in [2.24, 2.45) is 0 Å². The van der Waals surface area contributed by atoms with Crippen molar-refractivity contribution in [1.82, 2.24) is 5.32 Å². The normalized spacial score (nSPS) is 12.3. The van der Waals surface area contributed by atoms with Gasteiger partial charge in [0.25, 0.3) is 0 Å². The van der Waals surface area contributed by atoms with Crippen molar-refractivity contribution in [3.8, 4) is 0 Å². The van der Waals surface area contributed by atoms with Gasteiger partial charge in [0, 0.05) is 36.5 Å². The van der Waals surface area contributed by atoms with Crippen LogP contribution in [-0.4, -0.2) is 32.6 Å². The van der Waals surface area contributed by atoms with Crippen molar-refractivity contribution in [3.63, 3.8) is 0 Å². The van der Waals surface area contributed by atoms with Crippen LogP contribution in [0.2, 0.25) is 0 Å². The third-order valence-corrected chi connectivity index (χ3v) is 4.25. The molecule has 1 heterocycles. The predicted octanol–water partition coefficient (Wildman–Crippen LogP) is 3.40. The predicted molar refractivity (Wildman–Crippen MR) is 81.9 cm³/mol. The molecule has 1 aromatic rings. The minimum Gasteiger partial charge on any atom is -0.353 e. The molecule has 1 N–H and O–H groups in total. The molecule has 0 spiro atoms. The number of nitrogens with one attached hydrogen (secondary N) is 1. The fraction of sp³-hybridized carbons (Fsp3) is 0.733. The van der Waals surface area contributed by atoms with Crippen LogP contribution in [0.1, 0.15) is 39.0 Å². The number of hydrogen-bond donors (Lipinski definition) is 1. The van der Waals surface area contributed by atoms with E-state index >= 15 is 0 Å². The molecule has 0 unspecified atom stereocenters. The van der Waals surface area contributed by atoms with Crippen molar-refractivity contribution < 1.29 is 9.47 Å². The molecular weight excluding hydrogens is 258 g/mol. The van der Waals surface area contributed by atoms with Crippen LogP contribution in [0.5, 0.6) is 0 Å². The second kappa shape index (κ2) is 8.69. The average Bonchev–Trinajstić information content (AvgIpc) is 2.89. The Labute approximate surface area is 121 Å². The zero-order valence-electron chi connectivity index (χ0n) is 12.6. The molecule has 19 heavy (non-hydrogen) atoms. The third kappa shape index (κ3) is 6.04. The van der Waals surface area contributed by atoms with E-state index in [1.54, 1.807) is 0 Å². The first-order valence-corrected chi connectivity index (χ1v) is 7.96. The molecule has 0 fully saturated rings. The lowest BCUT2D eigenvalue weighted by Crippen LogP contribution is -2.34. The molecule has 0 aliphatic carbocycles. The van der Waals surface area contributed by atoms with E-state index in [2.05, 4.69) is 36.7 Å². The summed E-state index contributed by atoms with van der Waals surface area (Å²) >= 11 is 1.82. The van der Waals surface area contributed by atoms with Gasteiger partial charge in [0.1, 0.15) is 0 Å². The van der Waals surface area contributed by atoms with Crippen LogP contribution in [-0.2, 0) is 14.9 Å². The highest BCUT2D eigenvalue weighted by molar-refractivity contribution is 7.10. The SMILES string of the molecule is CCOC(CCNCC(C)(C)c1cccs1)OCC. The van der Waals surface area contributed by atoms with Crippen molar-refractivity contribution >= 4 is 11.3 Å². The van der Waals surface area contributed by atoms with Gasteiger partial charge in [-0.15, -0.1) is 11.3 Å². The minimum absolute atomic E-state index is 0.0765. The number of thiophene rings is 1. The van der Waals surface area contributed by atoms with Crippen molar-refractivity contribution in [2.75, 3.05) is 26.3 Å². The molecule has 0 atom stereocenters. The molecule has 0 aromatic carbocycles. The summed E-state index contributed by atoms with van der Waals surface area (Å²) in [5, 5.41) is 5.64. The molecule has 0 saturated carbocycles. The maximum absolute atomic E-state index is 5.53. The molecule has 1 aromatic heterocycles. The molecule has 0 bridgehead atoms. The van der Waals surface area contributed by atoms with E-state index in [1.807, 2.05) is 25.2 Å². The largest absolute Gasteiger partial charge is 0.353 e. The van der Waals surface area contributed by atoms with Crippen LogP contribution in [0.3, 0.4) is 0 Å². The van der Waals surface area contributed by atoms with E-state index in [0.29, 0.717) is 13.2 Å². The molecular formula is C15H27NO2S. The van der Waals surface area contributed by atoms with Crippen LogP contribution in [0.4, 0.5) is 0 Å². The second-order valence-electron chi connectivity index (χ2n) is 5.17. The highest BCUT2D eigenvalue weighted by atomic mass is 32.1. The molecule has 4 heteroatoms. The summed E-state index contributed by atoms with van der Waals surface area (Å²) in [4.78, 5) is 1.42. The average molecular weight is 285 g/mol. The highest BCUT2D eigenvalue weighted by Gasteiger charge is 2.21. The van der Waals surface area contributed by atoms with Crippen LogP contribution in [0.15, 0.2) is 17.5 Å². The summed E-state index contributed by atoms with van der Waals surface area (Å²) in [6, 6.07) is 4.32. The van der Waals surface area contributed by atoms with Gasteiger partial charge in [-0.2, -0.15) is 0 Å². The summed E-state index contributed by atoms with van der Waals surface area (Å²) in [6.07, 6.45) is 0.815. The summed E-state index contributed by atoms with van der Waals surface area (Å²) < 4.78 is 11.1. The van der Waals surface area contributed by atoms with Gasteiger partial charge in [-0.25, -0.2) is 0 Å². The lowest BCUT2D eigenvalue weighted by Gasteiger charge is -2.24. The van der Waals surface area contributed by atoms with Gasteiger partial charge >= 0.3 is 0 Å². The van der Waals surface area contributed by atoms with Crippen LogP contribution in [0, 0.1) is 0 Å². The fourth-order valence-corrected chi connectivity index (χ4v) is 2.81. The second-order valence-corrected chi connectivity index (χ2v) is 6.11. The van der Waals surface area contributed by atoms with Crippen molar-refractivity contribution in [1.29, 1.82) is 0 Å². The van der Waals surface area contributed by atoms with Gasteiger partial charge in [-0.05, 0) is 31.8 Å². The molecule has 0 saturated heterocycles. The Morgan fingerprint density at radius 3 is 2.47 bits per heavy atom. The number of rotatable bonds is 10. The zero-order chi connectivity index (χ0) is 14.1. The van der Waals surface area contributed by atoms with E-state index in [4.69, 9.17) is 9.47 Å². The topological polar surface area (TPSA) is 30.5 Å². The quantitative estimate of drug-likeness (QED) is 0.528. The summed E-state index contributed by atoms with van der Waals surface area (Å²) in [7, 11) is 0. The molecule has 0 aliphatic heterocycles. The first-order chi connectivity index (χ1) is 9.10. The summed E-state index contributed by atoms with van der Waals surface area (Å²) in [6.45, 7) is 11.8. The first kappa shape index (κ1) is 16.6. The van der Waals surface area contributed by atoms with Gasteiger partial charge in [-0.3, -0.25) is 0 Å². The molecule has 0 radical (unpaired) electrons. The fourth-order valence-electron chi connectivity index (χ4n) is 1.96. The minimum atomic E-state index is -0.0765. The molecule has 0 amide bonds. The maximum atomic E-state index is 5.53. The molecule has 1 rings (SSSR count). The number of hydrogen-bond acceptors (Lipinski definition) is 4. The van der Waals surface area contributed by atoms with E-state index in [0.717, 1.165) is 19.5 Å². The maximum Gasteiger partial charge on any atom is 0.158 e. The lowest BCUT2D eigenvalue weighted by atomic mass is 9.91. The molecule has 3 nitrogen and oxygen atoms in total. The Balaban J connectivity index is 2.26. The van der Waals surface area contributed by atoms with Crippen LogP contribution < -0.4 is 5.32 Å². The summed E-state index contributed by atoms with van der Waals surface area (Å²) in [5.41, 5.74) is 0.181. The number of ether oxygens (including phenoxy) is 2. The summed E-state index contributed by atoms with van der Waals surface area (Å²) in [5.74, 6) is 0. The van der Waals surface area contributed by atoms with E-state index in [9.17, 15) is 0 Å². The molecule has 110 valence electrons. The highest BCUT2D eigenvalue weighted by Crippen LogP contribution is 2.26.